The van der Waals surface area contributed by atoms with E-state index in [4.69, 9.17) is 9.84 Å². The number of carboxylic acids is 1. The lowest BCUT2D eigenvalue weighted by atomic mass is 9.99. The number of fused-ring (bicyclic) bond motifs is 1. The molecule has 1 fully saturated rings. The molecule has 1 amide bonds. The molecule has 2 aliphatic rings. The predicted octanol–water partition coefficient (Wildman–Crippen LogP) is 1.25. The number of alkyl carbamates (subject to hydrolysis) is 1. The van der Waals surface area contributed by atoms with Gasteiger partial charge in [-0.2, -0.15) is 0 Å². The van der Waals surface area contributed by atoms with Crippen molar-refractivity contribution in [3.05, 3.63) is 29.3 Å². The van der Waals surface area contributed by atoms with E-state index in [1.54, 1.807) is 12.1 Å². The van der Waals surface area contributed by atoms with E-state index in [0.29, 0.717) is 18.7 Å². The van der Waals surface area contributed by atoms with Crippen molar-refractivity contribution in [1.29, 1.82) is 0 Å². The first-order valence-electron chi connectivity index (χ1n) is 6.69. The summed E-state index contributed by atoms with van der Waals surface area (Å²) in [7, 11) is 0. The van der Waals surface area contributed by atoms with Crippen LogP contribution in [0.1, 0.15) is 22.3 Å². The van der Waals surface area contributed by atoms with Gasteiger partial charge in [0.05, 0.1) is 18.7 Å². The minimum absolute atomic E-state index is 0.146. The zero-order chi connectivity index (χ0) is 14.1. The van der Waals surface area contributed by atoms with E-state index in [1.807, 2.05) is 6.07 Å². The molecule has 6 heteroatoms. The van der Waals surface area contributed by atoms with Gasteiger partial charge < -0.3 is 20.1 Å². The number of nitrogens with one attached hydrogen (secondary N) is 1. The zero-order valence-electron chi connectivity index (χ0n) is 11.0. The average Bonchev–Trinajstić information content (AvgIpc) is 2.84. The summed E-state index contributed by atoms with van der Waals surface area (Å²) in [5.74, 6) is -0.904. The minimum atomic E-state index is -0.904. The van der Waals surface area contributed by atoms with Crippen molar-refractivity contribution in [3.8, 4) is 0 Å². The Bertz CT molecular complexity index is 558. The van der Waals surface area contributed by atoms with Crippen LogP contribution in [-0.4, -0.2) is 42.9 Å². The van der Waals surface area contributed by atoms with Gasteiger partial charge in [-0.15, -0.1) is 0 Å². The van der Waals surface area contributed by atoms with Crippen molar-refractivity contribution in [2.75, 3.05) is 24.5 Å². The molecule has 6 nitrogen and oxygen atoms in total. The van der Waals surface area contributed by atoms with Crippen LogP contribution in [0.25, 0.3) is 0 Å². The second kappa shape index (κ2) is 5.03. The van der Waals surface area contributed by atoms with Gasteiger partial charge in [-0.3, -0.25) is 0 Å². The van der Waals surface area contributed by atoms with Crippen LogP contribution in [0.15, 0.2) is 18.2 Å². The molecule has 1 atom stereocenters. The monoisotopic (exact) mass is 276 g/mol. The largest absolute Gasteiger partial charge is 0.478 e. The number of benzene rings is 1. The van der Waals surface area contributed by atoms with Gasteiger partial charge in [0.1, 0.15) is 6.10 Å². The fourth-order valence-electron chi connectivity index (χ4n) is 2.78. The van der Waals surface area contributed by atoms with Crippen molar-refractivity contribution in [2.45, 2.75) is 18.9 Å². The third-order valence-electron chi connectivity index (χ3n) is 3.71. The number of rotatable bonds is 3. The highest BCUT2D eigenvalue weighted by molar-refractivity contribution is 5.88. The quantitative estimate of drug-likeness (QED) is 0.868. The molecule has 106 valence electrons. The number of carbonyl (C=O) groups is 2. The fraction of sp³-hybridized carbons (Fsp3) is 0.429. The summed E-state index contributed by atoms with van der Waals surface area (Å²) in [5, 5.41) is 11.7. The lowest BCUT2D eigenvalue weighted by molar-refractivity contribution is 0.0696. The van der Waals surface area contributed by atoms with Gasteiger partial charge in [-0.05, 0) is 36.6 Å². The molecule has 0 aliphatic carbocycles. The number of anilines is 1. The summed E-state index contributed by atoms with van der Waals surface area (Å²) in [6, 6.07) is 5.21. The number of aromatic carboxylic acids is 1. The molecular weight excluding hydrogens is 260 g/mol. The molecule has 1 unspecified atom stereocenters. The van der Waals surface area contributed by atoms with Crippen LogP contribution >= 0.6 is 0 Å². The second-order valence-corrected chi connectivity index (χ2v) is 5.11. The number of aryl methyl sites for hydroxylation is 1. The van der Waals surface area contributed by atoms with Crippen LogP contribution in [0.4, 0.5) is 10.5 Å². The van der Waals surface area contributed by atoms with Gasteiger partial charge in [0.2, 0.25) is 0 Å². The number of carbonyl (C=O) groups excluding carboxylic acids is 1. The van der Waals surface area contributed by atoms with Gasteiger partial charge >= 0.3 is 12.1 Å². The molecule has 1 aromatic rings. The third-order valence-corrected chi connectivity index (χ3v) is 3.71. The SMILES string of the molecule is O=C1NCC(CN2CCCc3cc(C(=O)O)ccc32)O1. The molecule has 2 N–H and O–H groups in total. The fourth-order valence-corrected chi connectivity index (χ4v) is 2.78. The summed E-state index contributed by atoms with van der Waals surface area (Å²) < 4.78 is 5.16. The van der Waals surface area contributed by atoms with E-state index >= 15 is 0 Å². The summed E-state index contributed by atoms with van der Waals surface area (Å²) in [5.41, 5.74) is 2.41. The lowest BCUT2D eigenvalue weighted by Gasteiger charge is -2.32. The molecule has 0 bridgehead atoms. The Morgan fingerprint density at radius 1 is 1.50 bits per heavy atom. The molecule has 1 aromatic carbocycles. The first-order valence-corrected chi connectivity index (χ1v) is 6.69. The van der Waals surface area contributed by atoms with Crippen molar-refractivity contribution in [1.82, 2.24) is 5.32 Å². The Morgan fingerprint density at radius 3 is 3.05 bits per heavy atom. The maximum atomic E-state index is 11.0. The molecule has 2 heterocycles. The Kier molecular flexibility index (Phi) is 3.22. The Hall–Kier alpha value is -2.24. The number of hydrogen-bond acceptors (Lipinski definition) is 4. The number of cyclic esters (lactones) is 1. The van der Waals surface area contributed by atoms with Crippen molar-refractivity contribution in [2.24, 2.45) is 0 Å². The minimum Gasteiger partial charge on any atom is -0.478 e. The third kappa shape index (κ3) is 2.41. The van der Waals surface area contributed by atoms with Crippen LogP contribution in [0.5, 0.6) is 0 Å². The van der Waals surface area contributed by atoms with Crippen LogP contribution < -0.4 is 10.2 Å². The molecular formula is C14H16N2O4. The van der Waals surface area contributed by atoms with Crippen LogP contribution in [0, 0.1) is 0 Å². The zero-order valence-corrected chi connectivity index (χ0v) is 11.0. The number of amides is 1. The van der Waals surface area contributed by atoms with E-state index in [1.165, 1.54) is 0 Å². The van der Waals surface area contributed by atoms with E-state index in [2.05, 4.69) is 10.2 Å². The molecule has 0 radical (unpaired) electrons. The molecule has 20 heavy (non-hydrogen) atoms. The van der Waals surface area contributed by atoms with E-state index in [9.17, 15) is 9.59 Å². The number of carboxylic acid groups (broad SMARTS) is 1. The van der Waals surface area contributed by atoms with Crippen LogP contribution in [0.3, 0.4) is 0 Å². The lowest BCUT2D eigenvalue weighted by Crippen LogP contribution is -2.37. The van der Waals surface area contributed by atoms with E-state index in [-0.39, 0.29) is 12.2 Å². The first-order chi connectivity index (χ1) is 9.63. The summed E-state index contributed by atoms with van der Waals surface area (Å²) >= 11 is 0. The maximum Gasteiger partial charge on any atom is 0.407 e. The van der Waals surface area contributed by atoms with Gasteiger partial charge in [0.25, 0.3) is 0 Å². The molecule has 0 aromatic heterocycles. The number of ether oxygens (including phenoxy) is 1. The van der Waals surface area contributed by atoms with Crippen LogP contribution in [0.2, 0.25) is 0 Å². The van der Waals surface area contributed by atoms with Gasteiger partial charge in [0, 0.05) is 12.2 Å². The predicted molar refractivity (Wildman–Crippen MR) is 72.2 cm³/mol. The van der Waals surface area contributed by atoms with E-state index in [0.717, 1.165) is 30.6 Å². The Labute approximate surface area is 116 Å². The molecule has 0 saturated carbocycles. The summed E-state index contributed by atoms with van der Waals surface area (Å²) in [4.78, 5) is 24.2. The number of hydrogen-bond donors (Lipinski definition) is 2. The normalized spacial score (nSPS) is 21.1. The second-order valence-electron chi connectivity index (χ2n) is 5.11. The topological polar surface area (TPSA) is 78.9 Å². The van der Waals surface area contributed by atoms with Gasteiger partial charge in [-0.25, -0.2) is 9.59 Å². The van der Waals surface area contributed by atoms with Gasteiger partial charge in [0.15, 0.2) is 0 Å². The van der Waals surface area contributed by atoms with Crippen molar-refractivity contribution in [3.63, 3.8) is 0 Å². The Morgan fingerprint density at radius 2 is 2.35 bits per heavy atom. The molecule has 0 spiro atoms. The highest BCUT2D eigenvalue weighted by Gasteiger charge is 2.27. The molecule has 2 aliphatic heterocycles. The molecule has 1 saturated heterocycles. The smallest absolute Gasteiger partial charge is 0.407 e. The van der Waals surface area contributed by atoms with Crippen molar-refractivity contribution >= 4 is 17.7 Å². The van der Waals surface area contributed by atoms with Gasteiger partial charge in [-0.1, -0.05) is 0 Å². The summed E-state index contributed by atoms with van der Waals surface area (Å²) in [6.07, 6.45) is 1.35. The first kappa shape index (κ1) is 12.8. The summed E-state index contributed by atoms with van der Waals surface area (Å²) in [6.45, 7) is 2.06. The van der Waals surface area contributed by atoms with E-state index < -0.39 is 5.97 Å². The number of nitrogens with zero attached hydrogens (tertiary/aromatic N) is 1. The van der Waals surface area contributed by atoms with Crippen LogP contribution in [-0.2, 0) is 11.2 Å². The Balaban J connectivity index is 1.79. The highest BCUT2D eigenvalue weighted by atomic mass is 16.6. The average molecular weight is 276 g/mol. The van der Waals surface area contributed by atoms with Crippen molar-refractivity contribution < 1.29 is 19.4 Å². The standard InChI is InChI=1S/C14H16N2O4/c17-13(18)10-3-4-12-9(6-10)2-1-5-16(12)8-11-7-15-14(19)20-11/h3-4,6,11H,1-2,5,7-8H2,(H,15,19)(H,17,18). The molecule has 3 rings (SSSR count). The maximum absolute atomic E-state index is 11.0. The highest BCUT2D eigenvalue weighted by Crippen LogP contribution is 2.28.